The van der Waals surface area contributed by atoms with Crippen molar-refractivity contribution in [2.45, 2.75) is 46.1 Å². The van der Waals surface area contributed by atoms with Crippen molar-refractivity contribution < 1.29 is 51.9 Å². The second kappa shape index (κ2) is 17.9. The van der Waals surface area contributed by atoms with E-state index in [1.54, 1.807) is 0 Å². The molecule has 248 valence electrons. The highest BCUT2D eigenvalue weighted by Crippen LogP contribution is 2.55. The molecule has 0 saturated heterocycles. The Kier molecular flexibility index (Phi) is 15.8. The van der Waals surface area contributed by atoms with Crippen LogP contribution >= 0.6 is 50.1 Å². The minimum atomic E-state index is -3.69. The van der Waals surface area contributed by atoms with Crippen LogP contribution in [0, 0.1) is 0 Å². The van der Waals surface area contributed by atoms with Gasteiger partial charge in [-0.3, -0.25) is 4.51 Å². The number of nitrogens with zero attached hydrogens (tertiary/aromatic N) is 1. The molecule has 6 unspecified atom stereocenters. The van der Waals surface area contributed by atoms with E-state index in [2.05, 4.69) is 59.9 Å². The average molecular weight is 747 g/mol. The lowest BCUT2D eigenvalue weighted by molar-refractivity contribution is -0.428. The van der Waals surface area contributed by atoms with Crippen LogP contribution in [0.15, 0.2) is 60.8 Å². The maximum atomic E-state index is 15.6. The van der Waals surface area contributed by atoms with Crippen molar-refractivity contribution in [2.75, 3.05) is 0 Å². The van der Waals surface area contributed by atoms with Crippen LogP contribution in [-0.2, 0) is 53.2 Å². The Hall–Kier alpha value is -3.42. The van der Waals surface area contributed by atoms with Crippen molar-refractivity contribution in [3.05, 3.63) is 60.8 Å². The van der Waals surface area contributed by atoms with E-state index in [0.29, 0.717) is 0 Å². The summed E-state index contributed by atoms with van der Waals surface area (Å²) in [4.78, 5) is 66.2. The Labute approximate surface area is 265 Å². The smallest absolute Gasteiger partial charge is 0.390 e. The van der Waals surface area contributed by atoms with Crippen LogP contribution in [0.2, 0.25) is 0 Å². The van der Waals surface area contributed by atoms with Crippen LogP contribution in [0.1, 0.15) is 34.6 Å². The molecule has 0 spiro atoms. The largest absolute Gasteiger partial charge is 0.533 e. The second-order valence-electron chi connectivity index (χ2n) is 8.75. The number of halogens is 1. The van der Waals surface area contributed by atoms with Gasteiger partial charge in [-0.1, -0.05) is 41.6 Å². The summed E-state index contributed by atoms with van der Waals surface area (Å²) in [5.41, 5.74) is -5.13. The van der Waals surface area contributed by atoms with Gasteiger partial charge in [0.05, 0.1) is 0 Å². The lowest BCUT2D eigenvalue weighted by Gasteiger charge is -2.40. The van der Waals surface area contributed by atoms with Crippen molar-refractivity contribution in [1.82, 2.24) is 27.1 Å². The van der Waals surface area contributed by atoms with Crippen molar-refractivity contribution in [3.63, 3.8) is 0 Å². The van der Waals surface area contributed by atoms with E-state index in [9.17, 15) is 24.0 Å². The number of hydrogen-bond acceptors (Lipinski definition) is 11. The SMILES string of the molecule is C=C(C)C(=O)OC(OC(=O)C(=C)C)(OC(=O)C(=C)C)C(OC(=O)C(=C)C)(OC(=O)C(=C)C)[p+]1n[pH][nH][pH][nH][pH][nH][pH][nH]p(F)[nH]1. The molecule has 6 atom stereocenters. The molecule has 1 rings (SSSR count). The van der Waals surface area contributed by atoms with Gasteiger partial charge < -0.3 is 32.7 Å². The van der Waals surface area contributed by atoms with Crippen LogP contribution in [0.3, 0.4) is 0 Å². The molecule has 23 heteroatoms. The van der Waals surface area contributed by atoms with Crippen LogP contribution in [0.25, 0.3) is 0 Å². The lowest BCUT2D eigenvalue weighted by atomic mass is 10.3. The molecule has 1 aromatic rings. The van der Waals surface area contributed by atoms with Gasteiger partial charge in [-0.25, -0.2) is 28.5 Å². The predicted octanol–water partition coefficient (Wildman–Crippen LogP) is 6.19. The number of esters is 5. The molecule has 0 fully saturated rings. The normalized spacial score (nSPS) is 12.0. The average Bonchev–Trinajstić information content (AvgIpc) is 2.93. The first kappa shape index (κ1) is 39.6. The molecular weight excluding hydrogens is 713 g/mol. The first-order valence-electron chi connectivity index (χ1n) is 12.1. The maximum absolute atomic E-state index is 15.6. The van der Waals surface area contributed by atoms with Crippen molar-refractivity contribution in [1.29, 1.82) is 0 Å². The van der Waals surface area contributed by atoms with Gasteiger partial charge in [-0.05, 0) is 34.6 Å². The third kappa shape index (κ3) is 11.5. The first-order chi connectivity index (χ1) is 20.9. The van der Waals surface area contributed by atoms with E-state index < -0.39 is 65.9 Å². The summed E-state index contributed by atoms with van der Waals surface area (Å²) in [6, 6.07) is 0. The van der Waals surface area contributed by atoms with Gasteiger partial charge in [0.2, 0.25) is 0 Å². The standard InChI is InChI=1S/C22H34FN6O10P6/c1-11(2)16(30)35-21(36-17(31)12(3)4,37-18(32)13(5)6)22(38-19(33)14(7)8,39-20(34)15(9)10)44-27-42-25-40-24-41-26-43-28-45(23)29-44/h40-43H,1,3,5,7,9H2,2,4,6,8,10H3,(H5,24,25,26,27,28,29)/q+1. The Morgan fingerprint density at radius 2 is 1.00 bits per heavy atom. The Bertz CT molecular complexity index is 1480. The van der Waals surface area contributed by atoms with Gasteiger partial charge in [0.1, 0.15) is 8.51 Å². The minimum Gasteiger partial charge on any atom is -0.390 e. The fourth-order valence-corrected chi connectivity index (χ4v) is 10.4. The Morgan fingerprint density at radius 3 is 1.40 bits per heavy atom. The predicted molar refractivity (Wildman–Crippen MR) is 176 cm³/mol. The van der Waals surface area contributed by atoms with Crippen LogP contribution in [-0.4, -0.2) is 62.9 Å². The third-order valence-corrected chi connectivity index (χ3v) is 12.3. The summed E-state index contributed by atoms with van der Waals surface area (Å²) in [5.74, 6) is -10.6. The summed E-state index contributed by atoms with van der Waals surface area (Å²) >= 11 is 0. The quantitative estimate of drug-likeness (QED) is 0.0921. The Balaban J connectivity index is 4.81. The fraction of sp³-hybridized carbons (Fsp3) is 0.318. The molecule has 0 radical (unpaired) electrons. The molecule has 0 aliphatic carbocycles. The van der Waals surface area contributed by atoms with Crippen LogP contribution in [0.4, 0.5) is 4.20 Å². The molecule has 0 aliphatic heterocycles. The molecular formula is C22H34FN6O10P6+. The summed E-state index contributed by atoms with van der Waals surface area (Å²) in [7, 11) is -7.18. The van der Waals surface area contributed by atoms with Gasteiger partial charge in [-0.15, -0.1) is 0 Å². The van der Waals surface area contributed by atoms with E-state index in [0.717, 1.165) is 0 Å². The second-order valence-corrected chi connectivity index (χ2v) is 17.0. The molecule has 0 bridgehead atoms. The molecule has 0 aromatic carbocycles. The molecule has 0 amide bonds. The minimum absolute atomic E-state index is 0.0399. The maximum Gasteiger partial charge on any atom is 0.533 e. The van der Waals surface area contributed by atoms with Crippen LogP contribution in [0.5, 0.6) is 0 Å². The summed E-state index contributed by atoms with van der Waals surface area (Å²) in [5, 5.41) is 0. The number of carbonyl (C=O) groups excluding carboxylic acids is 5. The van der Waals surface area contributed by atoms with Gasteiger partial charge >= 0.3 is 49.5 Å². The number of ether oxygens (including phenoxy) is 5. The molecule has 45 heavy (non-hydrogen) atoms. The lowest BCUT2D eigenvalue weighted by Crippen LogP contribution is -2.61. The van der Waals surface area contributed by atoms with E-state index in [4.69, 9.17) is 23.7 Å². The first-order valence-corrected chi connectivity index (χ1v) is 18.5. The van der Waals surface area contributed by atoms with Gasteiger partial charge in [0.25, 0.3) is 7.85 Å². The zero-order valence-electron chi connectivity index (χ0n) is 24.8. The van der Waals surface area contributed by atoms with E-state index in [1.165, 1.54) is 34.6 Å². The van der Waals surface area contributed by atoms with Gasteiger partial charge in [-0.2, -0.15) is 4.51 Å². The van der Waals surface area contributed by atoms with Gasteiger partial charge in [0, 0.05) is 53.4 Å². The summed E-state index contributed by atoms with van der Waals surface area (Å²) < 4.78 is 61.3. The highest BCUT2D eigenvalue weighted by molar-refractivity contribution is 7.55. The molecule has 1 heterocycles. The zero-order chi connectivity index (χ0) is 34.5. The number of H-pyrrole nitrogens is 5. The highest BCUT2D eigenvalue weighted by Gasteiger charge is 2.76. The van der Waals surface area contributed by atoms with E-state index in [-0.39, 0.29) is 53.4 Å². The number of carbonyl (C=O) groups is 5. The fourth-order valence-electron chi connectivity index (χ4n) is 2.24. The molecule has 16 nitrogen and oxygen atoms in total. The molecule has 0 aliphatic rings. The number of aromatic amines is 5. The monoisotopic (exact) mass is 747 g/mol. The zero-order valence-corrected chi connectivity index (χ0v) is 30.6. The summed E-state index contributed by atoms with van der Waals surface area (Å²) in [6.45, 7) is 23.3. The number of aromatic nitrogens is 6. The molecule has 1 aromatic heterocycles. The molecule has 0 saturated carbocycles. The van der Waals surface area contributed by atoms with Crippen molar-refractivity contribution in [3.8, 4) is 0 Å². The highest BCUT2D eigenvalue weighted by atomic mass is 31.2. The van der Waals surface area contributed by atoms with E-state index in [1.807, 2.05) is 0 Å². The van der Waals surface area contributed by atoms with Gasteiger partial charge in [0.15, 0.2) is 0 Å². The summed E-state index contributed by atoms with van der Waals surface area (Å²) in [6.07, 6.45) is 0. The van der Waals surface area contributed by atoms with Crippen LogP contribution < -0.4 is 0 Å². The topological polar surface area (TPSA) is 223 Å². The Morgan fingerprint density at radius 1 is 0.644 bits per heavy atom. The number of hydrogen-bond donors (Lipinski definition) is 5. The molecule has 5 N–H and O–H groups in total. The van der Waals surface area contributed by atoms with Crippen molar-refractivity contribution >= 4 is 79.9 Å². The number of rotatable bonds is 12. The van der Waals surface area contributed by atoms with Crippen molar-refractivity contribution in [2.24, 2.45) is 0 Å². The number of nitrogens with one attached hydrogen (secondary N) is 5. The van der Waals surface area contributed by atoms with E-state index >= 15 is 4.20 Å². The third-order valence-electron chi connectivity index (χ3n) is 4.41.